The van der Waals surface area contributed by atoms with E-state index in [2.05, 4.69) is 51.7 Å². The summed E-state index contributed by atoms with van der Waals surface area (Å²) >= 11 is 3.37. The smallest absolute Gasteiger partial charge is 0.225 e. The summed E-state index contributed by atoms with van der Waals surface area (Å²) in [6.07, 6.45) is 3.59. The summed E-state index contributed by atoms with van der Waals surface area (Å²) in [5.74, 6) is 1.83. The fourth-order valence-electron chi connectivity index (χ4n) is 2.87. The predicted octanol–water partition coefficient (Wildman–Crippen LogP) is 2.44. The second-order valence-corrected chi connectivity index (χ2v) is 6.58. The molecule has 7 heteroatoms. The molecule has 6 nitrogen and oxygen atoms in total. The Bertz CT molecular complexity index is 759. The number of fused-ring (bicyclic) bond motifs is 1. The maximum absolute atomic E-state index is 4.65. The summed E-state index contributed by atoms with van der Waals surface area (Å²) in [7, 11) is 0. The molecule has 0 amide bonds. The molecule has 1 N–H and O–H groups in total. The lowest BCUT2D eigenvalue weighted by atomic mass is 10.3. The molecule has 0 radical (unpaired) electrons. The van der Waals surface area contributed by atoms with Gasteiger partial charge in [0.2, 0.25) is 5.95 Å². The number of nitrogens with one attached hydrogen (secondary N) is 1. The first kappa shape index (κ1) is 14.6. The van der Waals surface area contributed by atoms with Crippen LogP contribution >= 0.6 is 15.9 Å². The van der Waals surface area contributed by atoms with Crippen molar-refractivity contribution in [2.75, 3.05) is 31.1 Å². The first-order chi connectivity index (χ1) is 11.3. The summed E-state index contributed by atoms with van der Waals surface area (Å²) in [6.45, 7) is 4.68. The van der Waals surface area contributed by atoms with Gasteiger partial charge < -0.3 is 9.88 Å². The Morgan fingerprint density at radius 2 is 1.78 bits per heavy atom. The highest BCUT2D eigenvalue weighted by Crippen LogP contribution is 2.15. The average Bonchev–Trinajstić information content (AvgIpc) is 2.98. The van der Waals surface area contributed by atoms with Crippen LogP contribution in [0.1, 0.15) is 5.82 Å². The number of piperazine rings is 1. The van der Waals surface area contributed by atoms with E-state index in [9.17, 15) is 0 Å². The number of benzene rings is 1. The highest BCUT2D eigenvalue weighted by atomic mass is 79.9. The normalized spacial score (nSPS) is 16.1. The molecule has 23 heavy (non-hydrogen) atoms. The molecule has 0 saturated carbocycles. The van der Waals surface area contributed by atoms with Crippen LogP contribution in [0.5, 0.6) is 0 Å². The van der Waals surface area contributed by atoms with Crippen LogP contribution < -0.4 is 4.90 Å². The van der Waals surface area contributed by atoms with Crippen LogP contribution in [0, 0.1) is 0 Å². The van der Waals surface area contributed by atoms with Gasteiger partial charge in [-0.2, -0.15) is 0 Å². The largest absolute Gasteiger partial charge is 0.341 e. The molecule has 3 aromatic rings. The number of hydrogen-bond donors (Lipinski definition) is 1. The van der Waals surface area contributed by atoms with E-state index in [-0.39, 0.29) is 0 Å². The van der Waals surface area contributed by atoms with Gasteiger partial charge in [-0.3, -0.25) is 4.90 Å². The Kier molecular flexibility index (Phi) is 3.97. The third-order valence-corrected chi connectivity index (χ3v) is 4.48. The number of aromatic amines is 1. The Morgan fingerprint density at radius 1 is 1.04 bits per heavy atom. The molecule has 118 valence electrons. The maximum Gasteiger partial charge on any atom is 0.225 e. The van der Waals surface area contributed by atoms with Gasteiger partial charge in [0.05, 0.1) is 22.1 Å². The fourth-order valence-corrected chi connectivity index (χ4v) is 3.07. The van der Waals surface area contributed by atoms with E-state index in [1.807, 2.05) is 18.2 Å². The second kappa shape index (κ2) is 6.25. The summed E-state index contributed by atoms with van der Waals surface area (Å²) < 4.78 is 0.907. The highest BCUT2D eigenvalue weighted by molar-refractivity contribution is 9.10. The minimum absolute atomic E-state index is 0.802. The van der Waals surface area contributed by atoms with Gasteiger partial charge in [-0.05, 0) is 28.1 Å². The number of para-hydroxylation sites is 2. The lowest BCUT2D eigenvalue weighted by Gasteiger charge is -2.34. The average molecular weight is 373 g/mol. The van der Waals surface area contributed by atoms with Crippen molar-refractivity contribution in [2.45, 2.75) is 6.54 Å². The molecule has 4 rings (SSSR count). The highest BCUT2D eigenvalue weighted by Gasteiger charge is 2.19. The monoisotopic (exact) mass is 372 g/mol. The number of H-pyrrole nitrogens is 1. The zero-order valence-corrected chi connectivity index (χ0v) is 14.2. The van der Waals surface area contributed by atoms with Crippen molar-refractivity contribution >= 4 is 32.9 Å². The van der Waals surface area contributed by atoms with E-state index in [4.69, 9.17) is 0 Å². The molecule has 2 aromatic heterocycles. The first-order valence-corrected chi connectivity index (χ1v) is 8.46. The summed E-state index contributed by atoms with van der Waals surface area (Å²) in [5.41, 5.74) is 2.13. The van der Waals surface area contributed by atoms with Gasteiger partial charge >= 0.3 is 0 Å². The minimum atomic E-state index is 0.802. The van der Waals surface area contributed by atoms with E-state index in [0.717, 1.165) is 60.0 Å². The SMILES string of the molecule is Brc1cnc(N2CCN(Cc3nc4ccccc4[nH]3)CC2)nc1. The molecular formula is C16H17BrN6. The van der Waals surface area contributed by atoms with Crippen LogP contribution in [-0.4, -0.2) is 51.0 Å². The molecule has 0 bridgehead atoms. The molecule has 0 atom stereocenters. The van der Waals surface area contributed by atoms with Crippen LogP contribution in [0.3, 0.4) is 0 Å². The molecule has 1 saturated heterocycles. The van der Waals surface area contributed by atoms with Gasteiger partial charge in [0, 0.05) is 38.6 Å². The lowest BCUT2D eigenvalue weighted by Crippen LogP contribution is -2.46. The molecule has 1 aromatic carbocycles. The van der Waals surface area contributed by atoms with Crippen LogP contribution in [0.25, 0.3) is 11.0 Å². The number of aromatic nitrogens is 4. The number of anilines is 1. The molecule has 0 spiro atoms. The molecule has 3 heterocycles. The number of rotatable bonds is 3. The second-order valence-electron chi connectivity index (χ2n) is 5.67. The van der Waals surface area contributed by atoms with Crippen molar-refractivity contribution in [2.24, 2.45) is 0 Å². The van der Waals surface area contributed by atoms with Crippen LogP contribution in [0.15, 0.2) is 41.1 Å². The van der Waals surface area contributed by atoms with Crippen molar-refractivity contribution in [3.8, 4) is 0 Å². The molecule has 0 unspecified atom stereocenters. The zero-order chi connectivity index (χ0) is 15.6. The third-order valence-electron chi connectivity index (χ3n) is 4.07. The Hall–Kier alpha value is -1.99. The van der Waals surface area contributed by atoms with Crippen molar-refractivity contribution in [1.29, 1.82) is 0 Å². The van der Waals surface area contributed by atoms with E-state index in [0.29, 0.717) is 0 Å². The molecule has 1 aliphatic rings. The third kappa shape index (κ3) is 3.20. The molecule has 0 aliphatic carbocycles. The van der Waals surface area contributed by atoms with Gasteiger partial charge in [0.1, 0.15) is 5.82 Å². The number of hydrogen-bond acceptors (Lipinski definition) is 5. The fraction of sp³-hybridized carbons (Fsp3) is 0.312. The predicted molar refractivity (Wildman–Crippen MR) is 93.3 cm³/mol. The Labute approximate surface area is 142 Å². The van der Waals surface area contributed by atoms with Crippen molar-refractivity contribution in [3.05, 3.63) is 47.0 Å². The minimum Gasteiger partial charge on any atom is -0.341 e. The van der Waals surface area contributed by atoms with E-state index >= 15 is 0 Å². The van der Waals surface area contributed by atoms with Gasteiger partial charge in [0.25, 0.3) is 0 Å². The topological polar surface area (TPSA) is 60.9 Å². The summed E-state index contributed by atoms with van der Waals surface area (Å²) in [5, 5.41) is 0. The summed E-state index contributed by atoms with van der Waals surface area (Å²) in [4.78, 5) is 21.4. The summed E-state index contributed by atoms with van der Waals surface area (Å²) in [6, 6.07) is 8.15. The lowest BCUT2D eigenvalue weighted by molar-refractivity contribution is 0.244. The van der Waals surface area contributed by atoms with Crippen LogP contribution in [0.4, 0.5) is 5.95 Å². The van der Waals surface area contributed by atoms with Crippen LogP contribution in [-0.2, 0) is 6.54 Å². The van der Waals surface area contributed by atoms with Crippen LogP contribution in [0.2, 0.25) is 0 Å². The standard InChI is InChI=1S/C16H17BrN6/c17-12-9-18-16(19-10-12)23-7-5-22(6-8-23)11-15-20-13-3-1-2-4-14(13)21-15/h1-4,9-10H,5-8,11H2,(H,20,21). The van der Waals surface area contributed by atoms with E-state index in [1.165, 1.54) is 0 Å². The van der Waals surface area contributed by atoms with E-state index < -0.39 is 0 Å². The first-order valence-electron chi connectivity index (χ1n) is 7.66. The van der Waals surface area contributed by atoms with Gasteiger partial charge in [-0.25, -0.2) is 15.0 Å². The Balaban J connectivity index is 1.38. The molecule has 1 aliphatic heterocycles. The Morgan fingerprint density at radius 3 is 2.52 bits per heavy atom. The van der Waals surface area contributed by atoms with Crippen molar-refractivity contribution in [1.82, 2.24) is 24.8 Å². The zero-order valence-electron chi connectivity index (χ0n) is 12.6. The van der Waals surface area contributed by atoms with Crippen molar-refractivity contribution in [3.63, 3.8) is 0 Å². The van der Waals surface area contributed by atoms with Crippen molar-refractivity contribution < 1.29 is 0 Å². The van der Waals surface area contributed by atoms with Gasteiger partial charge in [-0.1, -0.05) is 12.1 Å². The van der Waals surface area contributed by atoms with Gasteiger partial charge in [0.15, 0.2) is 0 Å². The quantitative estimate of drug-likeness (QED) is 0.764. The maximum atomic E-state index is 4.65. The van der Waals surface area contributed by atoms with E-state index in [1.54, 1.807) is 12.4 Å². The number of imidazole rings is 1. The molecule has 1 fully saturated rings. The molecular weight excluding hydrogens is 356 g/mol. The van der Waals surface area contributed by atoms with Gasteiger partial charge in [-0.15, -0.1) is 0 Å². The number of halogens is 1. The number of nitrogens with zero attached hydrogens (tertiary/aromatic N) is 5.